The summed E-state index contributed by atoms with van der Waals surface area (Å²) in [4.78, 5) is 30.1. The van der Waals surface area contributed by atoms with Crippen molar-refractivity contribution < 1.29 is 9.72 Å². The largest absolute Gasteiger partial charge is 0.328 e. The maximum absolute atomic E-state index is 13.2. The maximum Gasteiger partial charge on any atom is 0.275 e. The lowest BCUT2D eigenvalue weighted by molar-refractivity contribution is -0.385. The molecule has 0 spiro atoms. The average Bonchev–Trinajstić information content (AvgIpc) is 3.34. The van der Waals surface area contributed by atoms with Crippen LogP contribution in [0.4, 0.5) is 11.6 Å². The molecule has 30 heavy (non-hydrogen) atoms. The van der Waals surface area contributed by atoms with Crippen LogP contribution in [0.2, 0.25) is 0 Å². The first-order chi connectivity index (χ1) is 14.3. The zero-order chi connectivity index (χ0) is 21.0. The number of allylic oxidation sites excluding steroid dienone is 2. The number of Topliss-reactive ketones (excluding diaryl/α,β-unsaturated/α-hetero) is 1. The van der Waals surface area contributed by atoms with E-state index in [-0.39, 0.29) is 16.9 Å². The van der Waals surface area contributed by atoms with Crippen molar-refractivity contribution in [3.8, 4) is 10.7 Å². The number of nitrogens with zero attached hydrogens (tertiary/aromatic N) is 4. The number of carbonyl (C=O) groups is 1. The molecule has 1 atom stereocenters. The molecule has 0 fully saturated rings. The molecule has 1 unspecified atom stereocenters. The van der Waals surface area contributed by atoms with E-state index in [1.165, 1.54) is 17.4 Å². The Morgan fingerprint density at radius 3 is 2.77 bits per heavy atom. The van der Waals surface area contributed by atoms with E-state index < -0.39 is 11.0 Å². The molecule has 9 heteroatoms. The van der Waals surface area contributed by atoms with E-state index in [2.05, 4.69) is 15.4 Å². The number of hydrogen-bond acceptors (Lipinski definition) is 7. The van der Waals surface area contributed by atoms with Gasteiger partial charge in [-0.15, -0.1) is 16.4 Å². The molecule has 0 saturated heterocycles. The number of rotatable bonds is 3. The summed E-state index contributed by atoms with van der Waals surface area (Å²) < 4.78 is 1.62. The molecule has 0 radical (unpaired) electrons. The summed E-state index contributed by atoms with van der Waals surface area (Å²) in [6.07, 6.45) is 1.04. The normalized spacial score (nSPS) is 19.8. The quantitative estimate of drug-likeness (QED) is 0.491. The molecule has 8 nitrogen and oxygen atoms in total. The van der Waals surface area contributed by atoms with Gasteiger partial charge in [0, 0.05) is 23.8 Å². The van der Waals surface area contributed by atoms with E-state index >= 15 is 0 Å². The van der Waals surface area contributed by atoms with Gasteiger partial charge in [0.2, 0.25) is 5.95 Å². The number of ketones is 1. The molecular formula is C21H19N5O3S. The molecule has 1 N–H and O–H groups in total. The van der Waals surface area contributed by atoms with Crippen molar-refractivity contribution >= 4 is 28.8 Å². The number of nitro groups is 1. The summed E-state index contributed by atoms with van der Waals surface area (Å²) in [6, 6.07) is 9.69. The first-order valence-corrected chi connectivity index (χ1v) is 10.5. The Hall–Kier alpha value is -3.33. The van der Waals surface area contributed by atoms with E-state index in [1.807, 2.05) is 31.4 Å². The van der Waals surface area contributed by atoms with Crippen molar-refractivity contribution in [2.45, 2.75) is 32.7 Å². The van der Waals surface area contributed by atoms with Gasteiger partial charge in [0.05, 0.1) is 15.4 Å². The standard InChI is InChI=1S/C21H19N5O3S/c1-21(2)10-13-17(15(27)11-21)18(12-6-3-4-7-14(12)26(28)29)25-20(22-13)23-19(24-25)16-8-5-9-30-16/h3-9,18H,10-11H2,1-2H3,(H,22,23,24). The number of para-hydroxylation sites is 1. The number of carbonyl (C=O) groups excluding carboxylic acids is 1. The SMILES string of the molecule is CC1(C)CC(=O)C2=C(C1)Nc1nc(-c3cccs3)nn1C2c1ccccc1[N+](=O)[O-]. The van der Waals surface area contributed by atoms with Gasteiger partial charge in [0.25, 0.3) is 5.69 Å². The number of anilines is 1. The highest BCUT2D eigenvalue weighted by atomic mass is 32.1. The van der Waals surface area contributed by atoms with E-state index in [9.17, 15) is 14.9 Å². The summed E-state index contributed by atoms with van der Waals surface area (Å²) in [6.45, 7) is 4.10. The lowest BCUT2D eigenvalue weighted by Crippen LogP contribution is -2.36. The van der Waals surface area contributed by atoms with Crippen LogP contribution in [0.1, 0.15) is 38.3 Å². The van der Waals surface area contributed by atoms with Gasteiger partial charge >= 0.3 is 0 Å². The third kappa shape index (κ3) is 2.93. The molecule has 0 saturated carbocycles. The Labute approximate surface area is 176 Å². The highest BCUT2D eigenvalue weighted by Gasteiger charge is 2.43. The first-order valence-electron chi connectivity index (χ1n) is 9.61. The van der Waals surface area contributed by atoms with Crippen molar-refractivity contribution in [1.82, 2.24) is 14.8 Å². The minimum Gasteiger partial charge on any atom is -0.328 e. The minimum atomic E-state index is -0.692. The Bertz CT molecular complexity index is 1210. The topological polar surface area (TPSA) is 103 Å². The summed E-state index contributed by atoms with van der Waals surface area (Å²) in [5.74, 6) is 1.00. The van der Waals surface area contributed by atoms with Crippen LogP contribution >= 0.6 is 11.3 Å². The molecule has 5 rings (SSSR count). The summed E-state index contributed by atoms with van der Waals surface area (Å²) in [5.41, 5.74) is 1.52. The molecule has 2 aliphatic rings. The van der Waals surface area contributed by atoms with Crippen LogP contribution in [0.15, 0.2) is 53.0 Å². The smallest absolute Gasteiger partial charge is 0.275 e. The number of thiophene rings is 1. The van der Waals surface area contributed by atoms with Crippen LogP contribution in [-0.4, -0.2) is 25.5 Å². The summed E-state index contributed by atoms with van der Waals surface area (Å²) in [7, 11) is 0. The van der Waals surface area contributed by atoms with Gasteiger partial charge in [-0.3, -0.25) is 14.9 Å². The molecule has 2 aromatic heterocycles. The van der Waals surface area contributed by atoms with Crippen LogP contribution in [0.5, 0.6) is 0 Å². The fraction of sp³-hybridized carbons (Fsp3) is 0.286. The van der Waals surface area contributed by atoms with Crippen LogP contribution < -0.4 is 5.32 Å². The number of aromatic nitrogens is 3. The summed E-state index contributed by atoms with van der Waals surface area (Å²) in [5, 5.41) is 21.7. The van der Waals surface area contributed by atoms with Crippen LogP contribution in [-0.2, 0) is 4.79 Å². The Morgan fingerprint density at radius 1 is 1.23 bits per heavy atom. The Morgan fingerprint density at radius 2 is 2.03 bits per heavy atom. The van der Waals surface area contributed by atoms with Crippen LogP contribution in [0.3, 0.4) is 0 Å². The van der Waals surface area contributed by atoms with Gasteiger partial charge in [0.15, 0.2) is 11.6 Å². The van der Waals surface area contributed by atoms with Gasteiger partial charge < -0.3 is 5.32 Å². The van der Waals surface area contributed by atoms with Gasteiger partial charge in [-0.05, 0) is 29.3 Å². The molecule has 1 aliphatic heterocycles. The molecular weight excluding hydrogens is 402 g/mol. The molecule has 0 bridgehead atoms. The number of nitro benzene ring substituents is 1. The van der Waals surface area contributed by atoms with E-state index in [0.29, 0.717) is 35.8 Å². The molecule has 0 amide bonds. The second kappa shape index (κ2) is 6.60. The minimum absolute atomic E-state index is 0.0178. The number of nitrogens with one attached hydrogen (secondary N) is 1. The highest BCUT2D eigenvalue weighted by molar-refractivity contribution is 7.13. The lowest BCUT2D eigenvalue weighted by atomic mass is 9.73. The van der Waals surface area contributed by atoms with Crippen LogP contribution in [0, 0.1) is 15.5 Å². The van der Waals surface area contributed by atoms with E-state index in [0.717, 1.165) is 10.6 Å². The molecule has 1 aliphatic carbocycles. The van der Waals surface area contributed by atoms with Gasteiger partial charge in [-0.2, -0.15) is 4.98 Å². The zero-order valence-corrected chi connectivity index (χ0v) is 17.3. The van der Waals surface area contributed by atoms with Crippen molar-refractivity contribution in [2.24, 2.45) is 5.41 Å². The zero-order valence-electron chi connectivity index (χ0n) is 16.5. The third-order valence-electron chi connectivity index (χ3n) is 5.50. The van der Waals surface area contributed by atoms with Gasteiger partial charge in [-0.25, -0.2) is 4.68 Å². The molecule has 3 heterocycles. The molecule has 3 aromatic rings. The van der Waals surface area contributed by atoms with Crippen molar-refractivity contribution in [2.75, 3.05) is 5.32 Å². The Balaban J connectivity index is 1.75. The number of benzene rings is 1. The molecule has 1 aromatic carbocycles. The summed E-state index contributed by atoms with van der Waals surface area (Å²) >= 11 is 1.52. The second-order valence-corrected chi connectivity index (χ2v) is 9.31. The third-order valence-corrected chi connectivity index (χ3v) is 6.37. The second-order valence-electron chi connectivity index (χ2n) is 8.36. The highest BCUT2D eigenvalue weighted by Crippen LogP contribution is 2.47. The van der Waals surface area contributed by atoms with Crippen molar-refractivity contribution in [1.29, 1.82) is 0 Å². The van der Waals surface area contributed by atoms with Crippen LogP contribution in [0.25, 0.3) is 10.7 Å². The molecule has 152 valence electrons. The monoisotopic (exact) mass is 421 g/mol. The Kier molecular flexibility index (Phi) is 4.11. The van der Waals surface area contributed by atoms with E-state index in [4.69, 9.17) is 0 Å². The fourth-order valence-corrected chi connectivity index (χ4v) is 4.94. The first kappa shape index (κ1) is 18.7. The average molecular weight is 421 g/mol. The van der Waals surface area contributed by atoms with Gasteiger partial charge in [0.1, 0.15) is 6.04 Å². The maximum atomic E-state index is 13.2. The number of fused-ring (bicyclic) bond motifs is 1. The van der Waals surface area contributed by atoms with Crippen molar-refractivity contribution in [3.05, 3.63) is 68.7 Å². The lowest BCUT2D eigenvalue weighted by Gasteiger charge is -2.38. The van der Waals surface area contributed by atoms with E-state index in [1.54, 1.807) is 22.9 Å². The number of hydrogen-bond donors (Lipinski definition) is 1. The van der Waals surface area contributed by atoms with Crippen molar-refractivity contribution in [3.63, 3.8) is 0 Å². The van der Waals surface area contributed by atoms with Gasteiger partial charge in [-0.1, -0.05) is 32.0 Å². The predicted molar refractivity (Wildman–Crippen MR) is 113 cm³/mol. The predicted octanol–water partition coefficient (Wildman–Crippen LogP) is 4.57. The fourth-order valence-electron chi connectivity index (χ4n) is 4.29.